The van der Waals surface area contributed by atoms with E-state index in [0.717, 1.165) is 12.0 Å². The fourth-order valence-electron chi connectivity index (χ4n) is 2.62. The molecule has 0 spiro atoms. The number of aliphatic carboxylic acids is 1. The van der Waals surface area contributed by atoms with Crippen molar-refractivity contribution in [1.82, 2.24) is 5.32 Å². The van der Waals surface area contributed by atoms with Crippen LogP contribution in [0.2, 0.25) is 0 Å². The first-order valence-corrected chi connectivity index (χ1v) is 6.00. The fraction of sp³-hybridized carbons (Fsp3) is 0.500. The molecule has 0 fully saturated rings. The summed E-state index contributed by atoms with van der Waals surface area (Å²) in [5.74, 6) is -1.07. The molecule has 1 heterocycles. The Labute approximate surface area is 102 Å². The third kappa shape index (κ3) is 2.14. The van der Waals surface area contributed by atoms with Crippen LogP contribution < -0.4 is 5.32 Å². The van der Waals surface area contributed by atoms with Gasteiger partial charge in [-0.2, -0.15) is 0 Å². The molecule has 0 saturated carbocycles. The van der Waals surface area contributed by atoms with E-state index in [1.165, 1.54) is 11.1 Å². The van der Waals surface area contributed by atoms with Crippen molar-refractivity contribution in [2.75, 3.05) is 0 Å². The van der Waals surface area contributed by atoms with E-state index in [1.807, 2.05) is 6.20 Å². The number of fused-ring (bicyclic) bond motifs is 1. The topological polar surface area (TPSA) is 49.3 Å². The van der Waals surface area contributed by atoms with Crippen molar-refractivity contribution in [3.8, 4) is 0 Å². The number of hydrogen-bond donors (Lipinski definition) is 2. The van der Waals surface area contributed by atoms with Gasteiger partial charge in [-0.15, -0.1) is 0 Å². The Morgan fingerprint density at radius 1 is 1.59 bits per heavy atom. The van der Waals surface area contributed by atoms with E-state index in [9.17, 15) is 4.79 Å². The van der Waals surface area contributed by atoms with E-state index in [2.05, 4.69) is 31.3 Å². The Hall–Kier alpha value is -1.51. The van der Waals surface area contributed by atoms with Gasteiger partial charge in [0.15, 0.2) is 0 Å². The maximum Gasteiger partial charge on any atom is 0.306 e. The number of allylic oxidation sites excluding steroid dienone is 2. The molecule has 0 aromatic heterocycles. The molecule has 17 heavy (non-hydrogen) atoms. The van der Waals surface area contributed by atoms with E-state index >= 15 is 0 Å². The van der Waals surface area contributed by atoms with E-state index in [4.69, 9.17) is 5.11 Å². The highest BCUT2D eigenvalue weighted by molar-refractivity contribution is 5.70. The highest BCUT2D eigenvalue weighted by atomic mass is 16.4. The molecule has 0 aromatic rings. The summed E-state index contributed by atoms with van der Waals surface area (Å²) < 4.78 is 0. The van der Waals surface area contributed by atoms with Gasteiger partial charge in [0.05, 0.1) is 11.5 Å². The van der Waals surface area contributed by atoms with Crippen molar-refractivity contribution in [2.24, 2.45) is 5.92 Å². The van der Waals surface area contributed by atoms with Gasteiger partial charge in [-0.25, -0.2) is 0 Å². The Kier molecular flexibility index (Phi) is 2.86. The number of hydrogen-bond acceptors (Lipinski definition) is 2. The third-order valence-electron chi connectivity index (χ3n) is 3.62. The first-order valence-electron chi connectivity index (χ1n) is 6.00. The van der Waals surface area contributed by atoms with Crippen LogP contribution in [0.3, 0.4) is 0 Å². The van der Waals surface area contributed by atoms with Gasteiger partial charge in [0, 0.05) is 6.20 Å². The Morgan fingerprint density at radius 3 is 2.94 bits per heavy atom. The lowest BCUT2D eigenvalue weighted by molar-refractivity contribution is -0.141. The second-order valence-corrected chi connectivity index (χ2v) is 5.36. The summed E-state index contributed by atoms with van der Waals surface area (Å²) in [6.45, 7) is 6.05. The van der Waals surface area contributed by atoms with Crippen LogP contribution in [0.5, 0.6) is 0 Å². The summed E-state index contributed by atoms with van der Waals surface area (Å²) >= 11 is 0. The number of nitrogens with one attached hydrogen (secondary N) is 1. The average Bonchev–Trinajstić information content (AvgIpc) is 2.54. The Balaban J connectivity index is 2.19. The third-order valence-corrected chi connectivity index (χ3v) is 3.62. The van der Waals surface area contributed by atoms with Crippen molar-refractivity contribution in [1.29, 1.82) is 0 Å². The summed E-state index contributed by atoms with van der Waals surface area (Å²) in [4.78, 5) is 10.9. The molecule has 1 aliphatic heterocycles. The number of carboxylic acid groups (broad SMARTS) is 1. The van der Waals surface area contributed by atoms with Gasteiger partial charge in [0.2, 0.25) is 0 Å². The molecule has 0 aromatic carbocycles. The molecule has 0 amide bonds. The van der Waals surface area contributed by atoms with E-state index < -0.39 is 5.97 Å². The van der Waals surface area contributed by atoms with Gasteiger partial charge < -0.3 is 10.4 Å². The molecule has 1 unspecified atom stereocenters. The van der Waals surface area contributed by atoms with Gasteiger partial charge in [-0.3, -0.25) is 4.79 Å². The number of carbonyl (C=O) groups is 1. The molecule has 0 radical (unpaired) electrons. The quantitative estimate of drug-likeness (QED) is 0.787. The zero-order valence-corrected chi connectivity index (χ0v) is 10.6. The minimum absolute atomic E-state index is 0.0353. The number of carboxylic acids is 1. The van der Waals surface area contributed by atoms with Crippen LogP contribution in [0.4, 0.5) is 0 Å². The van der Waals surface area contributed by atoms with Crippen molar-refractivity contribution in [3.05, 3.63) is 35.1 Å². The van der Waals surface area contributed by atoms with Gasteiger partial charge >= 0.3 is 5.97 Å². The molecule has 2 N–H and O–H groups in total. The molecule has 3 nitrogen and oxygen atoms in total. The second-order valence-electron chi connectivity index (χ2n) is 5.36. The lowest BCUT2D eigenvalue weighted by Gasteiger charge is -2.31. The highest BCUT2D eigenvalue weighted by Gasteiger charge is 2.36. The van der Waals surface area contributed by atoms with Gasteiger partial charge in [-0.1, -0.05) is 24.6 Å². The standard InChI is InChI=1S/C14H19NO2/c1-9-4-5-12-11(6-10(2)13(16)17)8-15-14(12,3)7-9/h4-5,8,10,15H,6-7H2,1-3H3,(H,16,17)/t10-,14?/m0/s1. The zero-order valence-electron chi connectivity index (χ0n) is 10.6. The molecular weight excluding hydrogens is 214 g/mol. The molecule has 1 aliphatic carbocycles. The Bertz CT molecular complexity index is 445. The second kappa shape index (κ2) is 4.06. The van der Waals surface area contributed by atoms with Crippen molar-refractivity contribution < 1.29 is 9.90 Å². The molecule has 2 aliphatic rings. The van der Waals surface area contributed by atoms with Crippen LogP contribution >= 0.6 is 0 Å². The maximum absolute atomic E-state index is 10.9. The molecule has 92 valence electrons. The molecule has 0 saturated heterocycles. The average molecular weight is 233 g/mol. The minimum atomic E-state index is -0.734. The van der Waals surface area contributed by atoms with Gasteiger partial charge in [0.25, 0.3) is 0 Å². The summed E-state index contributed by atoms with van der Waals surface area (Å²) in [6.07, 6.45) is 7.82. The van der Waals surface area contributed by atoms with Gasteiger partial charge in [-0.05, 0) is 37.8 Å². The highest BCUT2D eigenvalue weighted by Crippen LogP contribution is 2.39. The molecule has 2 rings (SSSR count). The van der Waals surface area contributed by atoms with Crippen molar-refractivity contribution >= 4 is 5.97 Å². The van der Waals surface area contributed by atoms with Crippen LogP contribution in [0.15, 0.2) is 35.1 Å². The molecule has 3 heteroatoms. The molecule has 0 bridgehead atoms. The van der Waals surface area contributed by atoms with Crippen LogP contribution in [0.1, 0.15) is 33.6 Å². The molecular formula is C14H19NO2. The maximum atomic E-state index is 10.9. The normalized spacial score (nSPS) is 28.5. The minimum Gasteiger partial charge on any atom is -0.481 e. The van der Waals surface area contributed by atoms with E-state index in [0.29, 0.717) is 6.42 Å². The van der Waals surface area contributed by atoms with E-state index in [-0.39, 0.29) is 11.5 Å². The van der Waals surface area contributed by atoms with Crippen LogP contribution in [-0.2, 0) is 4.79 Å². The summed E-state index contributed by atoms with van der Waals surface area (Å²) in [7, 11) is 0. The predicted molar refractivity (Wildman–Crippen MR) is 67.5 cm³/mol. The largest absolute Gasteiger partial charge is 0.481 e. The number of rotatable bonds is 3. The Morgan fingerprint density at radius 2 is 2.29 bits per heavy atom. The predicted octanol–water partition coefficient (Wildman–Crippen LogP) is 2.62. The van der Waals surface area contributed by atoms with Crippen LogP contribution in [0.25, 0.3) is 0 Å². The molecule has 2 atom stereocenters. The summed E-state index contributed by atoms with van der Waals surface area (Å²) in [6, 6.07) is 0. The SMILES string of the molecule is CC1=CC=C2C(C[C@H](C)C(=O)O)=CNC2(C)C1. The lowest BCUT2D eigenvalue weighted by Crippen LogP contribution is -2.38. The van der Waals surface area contributed by atoms with Crippen LogP contribution in [0, 0.1) is 5.92 Å². The summed E-state index contributed by atoms with van der Waals surface area (Å²) in [5.41, 5.74) is 3.69. The van der Waals surface area contributed by atoms with Crippen molar-refractivity contribution in [3.63, 3.8) is 0 Å². The summed E-state index contributed by atoms with van der Waals surface area (Å²) in [5, 5.41) is 12.4. The first kappa shape index (κ1) is 12.0. The van der Waals surface area contributed by atoms with Crippen LogP contribution in [-0.4, -0.2) is 16.6 Å². The first-order chi connectivity index (χ1) is 7.92. The zero-order chi connectivity index (χ0) is 12.6. The monoisotopic (exact) mass is 233 g/mol. The van der Waals surface area contributed by atoms with Gasteiger partial charge in [0.1, 0.15) is 0 Å². The fourth-order valence-corrected chi connectivity index (χ4v) is 2.62. The smallest absolute Gasteiger partial charge is 0.306 e. The van der Waals surface area contributed by atoms with E-state index in [1.54, 1.807) is 6.92 Å². The van der Waals surface area contributed by atoms with Crippen molar-refractivity contribution in [2.45, 2.75) is 39.2 Å². The lowest BCUT2D eigenvalue weighted by atomic mass is 9.79.